The minimum Gasteiger partial charge on any atom is -0.504 e. The number of hydrogen-bond donors (Lipinski definition) is 2. The van der Waals surface area contributed by atoms with E-state index in [-0.39, 0.29) is 11.8 Å². The number of aromatic hydroxyl groups is 1. The van der Waals surface area contributed by atoms with Crippen molar-refractivity contribution < 1.29 is 19.3 Å². The van der Waals surface area contributed by atoms with Gasteiger partial charge < -0.3 is 24.6 Å². The second-order valence-corrected chi connectivity index (χ2v) is 6.20. The standard InChI is InChI=1S/C19H21NO4/c1-22-14-8-11-6-13-17-10(4-5-20-13)7-16(24-3)19(21)18(17)12(11)9-15(14)23-2/h7-9,13,20-21H,4-6H2,1-3H3/t13-/m0/s1. The third-order valence-electron chi connectivity index (χ3n) is 5.05. The van der Waals surface area contributed by atoms with Crippen LogP contribution in [0, 0.1) is 0 Å². The van der Waals surface area contributed by atoms with E-state index in [1.807, 2.05) is 18.2 Å². The molecule has 0 bridgehead atoms. The average Bonchev–Trinajstić information content (AvgIpc) is 2.62. The quantitative estimate of drug-likeness (QED) is 0.908. The monoisotopic (exact) mass is 327 g/mol. The molecule has 24 heavy (non-hydrogen) atoms. The SMILES string of the molecule is COc1cc2c(cc1OC)-c1c(O)c(OC)cc3c1[C@H](C2)NCC3. The lowest BCUT2D eigenvalue weighted by Crippen LogP contribution is -2.33. The highest BCUT2D eigenvalue weighted by Gasteiger charge is 2.34. The lowest BCUT2D eigenvalue weighted by atomic mass is 9.77. The molecule has 0 aromatic heterocycles. The van der Waals surface area contributed by atoms with Gasteiger partial charge >= 0.3 is 0 Å². The Morgan fingerprint density at radius 1 is 0.958 bits per heavy atom. The molecule has 4 rings (SSSR count). The van der Waals surface area contributed by atoms with Crippen LogP contribution in [0.4, 0.5) is 0 Å². The molecule has 0 fully saturated rings. The molecule has 2 aromatic carbocycles. The highest BCUT2D eigenvalue weighted by Crippen LogP contribution is 2.52. The molecule has 0 unspecified atom stereocenters. The first-order valence-corrected chi connectivity index (χ1v) is 8.09. The average molecular weight is 327 g/mol. The zero-order chi connectivity index (χ0) is 16.8. The number of phenolic OH excluding ortho intramolecular Hbond substituents is 1. The molecule has 2 N–H and O–H groups in total. The number of methoxy groups -OCH3 is 3. The molecule has 2 aliphatic rings. The Morgan fingerprint density at radius 2 is 1.62 bits per heavy atom. The molecule has 1 aliphatic heterocycles. The fraction of sp³-hybridized carbons (Fsp3) is 0.368. The molecule has 0 spiro atoms. The van der Waals surface area contributed by atoms with Crippen LogP contribution >= 0.6 is 0 Å². The van der Waals surface area contributed by atoms with Crippen molar-refractivity contribution in [1.29, 1.82) is 0 Å². The van der Waals surface area contributed by atoms with Gasteiger partial charge in [-0.25, -0.2) is 0 Å². The molecular weight excluding hydrogens is 306 g/mol. The minimum absolute atomic E-state index is 0.193. The number of rotatable bonds is 3. The van der Waals surface area contributed by atoms with Crippen LogP contribution in [0.15, 0.2) is 18.2 Å². The summed E-state index contributed by atoms with van der Waals surface area (Å²) >= 11 is 0. The summed E-state index contributed by atoms with van der Waals surface area (Å²) in [5.41, 5.74) is 5.39. The van der Waals surface area contributed by atoms with Gasteiger partial charge in [-0.15, -0.1) is 0 Å². The molecule has 5 nitrogen and oxygen atoms in total. The number of phenols is 1. The van der Waals surface area contributed by atoms with Gasteiger partial charge in [-0.1, -0.05) is 0 Å². The van der Waals surface area contributed by atoms with E-state index >= 15 is 0 Å². The first kappa shape index (κ1) is 15.1. The maximum absolute atomic E-state index is 10.8. The molecular formula is C19H21NO4. The highest BCUT2D eigenvalue weighted by atomic mass is 16.5. The normalized spacial score (nSPS) is 17.7. The van der Waals surface area contributed by atoms with Crippen LogP contribution in [0.1, 0.15) is 22.7 Å². The van der Waals surface area contributed by atoms with E-state index in [4.69, 9.17) is 14.2 Å². The van der Waals surface area contributed by atoms with E-state index in [1.54, 1.807) is 21.3 Å². The highest BCUT2D eigenvalue weighted by molar-refractivity contribution is 5.84. The number of hydrogen-bond acceptors (Lipinski definition) is 5. The van der Waals surface area contributed by atoms with Crippen molar-refractivity contribution in [3.63, 3.8) is 0 Å². The van der Waals surface area contributed by atoms with Crippen LogP contribution in [-0.2, 0) is 12.8 Å². The number of benzene rings is 2. The van der Waals surface area contributed by atoms with E-state index in [1.165, 1.54) is 11.1 Å². The Labute approximate surface area is 141 Å². The topological polar surface area (TPSA) is 60.0 Å². The molecule has 1 atom stereocenters. The molecule has 0 radical (unpaired) electrons. The molecule has 2 aromatic rings. The zero-order valence-electron chi connectivity index (χ0n) is 14.1. The molecule has 1 aliphatic carbocycles. The fourth-order valence-corrected chi connectivity index (χ4v) is 3.95. The van der Waals surface area contributed by atoms with Gasteiger partial charge in [-0.2, -0.15) is 0 Å². The molecule has 0 amide bonds. The number of ether oxygens (including phenoxy) is 3. The van der Waals surface area contributed by atoms with Crippen LogP contribution in [0.2, 0.25) is 0 Å². The van der Waals surface area contributed by atoms with Crippen LogP contribution in [-0.4, -0.2) is 33.0 Å². The Morgan fingerprint density at radius 3 is 2.33 bits per heavy atom. The molecule has 126 valence electrons. The van der Waals surface area contributed by atoms with E-state index < -0.39 is 0 Å². The van der Waals surface area contributed by atoms with Crippen LogP contribution in [0.3, 0.4) is 0 Å². The lowest BCUT2D eigenvalue weighted by Gasteiger charge is -2.35. The third kappa shape index (κ3) is 2.04. The summed E-state index contributed by atoms with van der Waals surface area (Å²) < 4.78 is 16.3. The number of nitrogens with one attached hydrogen (secondary N) is 1. The predicted octanol–water partition coefficient (Wildman–Crippen LogP) is 2.83. The van der Waals surface area contributed by atoms with Gasteiger partial charge in [0.05, 0.1) is 21.3 Å². The van der Waals surface area contributed by atoms with Crippen molar-refractivity contribution in [3.8, 4) is 34.1 Å². The van der Waals surface area contributed by atoms with E-state index in [0.29, 0.717) is 17.2 Å². The van der Waals surface area contributed by atoms with Gasteiger partial charge in [0.15, 0.2) is 23.0 Å². The Hall–Kier alpha value is -2.40. The molecule has 0 saturated heterocycles. The summed E-state index contributed by atoms with van der Waals surface area (Å²) in [6.07, 6.45) is 1.79. The van der Waals surface area contributed by atoms with Crippen LogP contribution in [0.25, 0.3) is 11.1 Å². The maximum Gasteiger partial charge on any atom is 0.166 e. The van der Waals surface area contributed by atoms with Crippen molar-refractivity contribution in [2.24, 2.45) is 0 Å². The second-order valence-electron chi connectivity index (χ2n) is 6.20. The summed E-state index contributed by atoms with van der Waals surface area (Å²) in [5.74, 6) is 2.08. The van der Waals surface area contributed by atoms with Gasteiger partial charge in [0.2, 0.25) is 0 Å². The lowest BCUT2D eigenvalue weighted by molar-refractivity contribution is 0.353. The molecule has 5 heteroatoms. The fourth-order valence-electron chi connectivity index (χ4n) is 3.95. The van der Waals surface area contributed by atoms with Crippen molar-refractivity contribution >= 4 is 0 Å². The summed E-state index contributed by atoms with van der Waals surface area (Å²) in [6, 6.07) is 6.12. The van der Waals surface area contributed by atoms with Gasteiger partial charge in [0.1, 0.15) is 0 Å². The predicted molar refractivity (Wildman–Crippen MR) is 91.4 cm³/mol. The largest absolute Gasteiger partial charge is 0.504 e. The third-order valence-corrected chi connectivity index (χ3v) is 5.05. The molecule has 1 heterocycles. The summed E-state index contributed by atoms with van der Waals surface area (Å²) in [6.45, 7) is 0.924. The Balaban J connectivity index is 2.04. The minimum atomic E-state index is 0.193. The Kier molecular flexibility index (Phi) is 3.53. The summed E-state index contributed by atoms with van der Waals surface area (Å²) in [7, 11) is 4.85. The first-order valence-electron chi connectivity index (χ1n) is 8.09. The first-order chi connectivity index (χ1) is 11.7. The van der Waals surface area contributed by atoms with Crippen LogP contribution in [0.5, 0.6) is 23.0 Å². The van der Waals surface area contributed by atoms with Crippen LogP contribution < -0.4 is 19.5 Å². The van der Waals surface area contributed by atoms with Crippen molar-refractivity contribution in [1.82, 2.24) is 5.32 Å². The van der Waals surface area contributed by atoms with Gasteiger partial charge in [-0.3, -0.25) is 0 Å². The summed E-state index contributed by atoms with van der Waals surface area (Å²) in [5, 5.41) is 14.4. The van der Waals surface area contributed by atoms with E-state index in [0.717, 1.165) is 36.1 Å². The van der Waals surface area contributed by atoms with E-state index in [2.05, 4.69) is 5.32 Å². The molecule has 0 saturated carbocycles. The summed E-state index contributed by atoms with van der Waals surface area (Å²) in [4.78, 5) is 0. The van der Waals surface area contributed by atoms with Gasteiger partial charge in [-0.05, 0) is 59.8 Å². The number of fused-ring (bicyclic) bond motifs is 2. The van der Waals surface area contributed by atoms with Crippen molar-refractivity contribution in [2.45, 2.75) is 18.9 Å². The van der Waals surface area contributed by atoms with Gasteiger partial charge in [0.25, 0.3) is 0 Å². The second kappa shape index (κ2) is 5.60. The van der Waals surface area contributed by atoms with Crippen molar-refractivity contribution in [3.05, 3.63) is 34.9 Å². The maximum atomic E-state index is 10.8. The zero-order valence-corrected chi connectivity index (χ0v) is 14.1. The van der Waals surface area contributed by atoms with Crippen molar-refractivity contribution in [2.75, 3.05) is 27.9 Å². The Bertz CT molecular complexity index is 816. The van der Waals surface area contributed by atoms with E-state index in [9.17, 15) is 5.11 Å². The smallest absolute Gasteiger partial charge is 0.166 e. The van der Waals surface area contributed by atoms with Gasteiger partial charge in [0, 0.05) is 11.6 Å².